The number of hydrogen-bond donors (Lipinski definition) is 1. The predicted octanol–water partition coefficient (Wildman–Crippen LogP) is 1.23. The molecule has 5 heteroatoms. The molecule has 18 heavy (non-hydrogen) atoms. The van der Waals surface area contributed by atoms with Crippen molar-refractivity contribution in [2.24, 2.45) is 5.73 Å². The molecule has 1 amide bonds. The number of carbonyl (C=O) groups is 2. The summed E-state index contributed by atoms with van der Waals surface area (Å²) in [6, 6.07) is 4.96. The van der Waals surface area contributed by atoms with Gasteiger partial charge in [0.2, 0.25) is 5.91 Å². The van der Waals surface area contributed by atoms with Gasteiger partial charge in [0.05, 0.1) is 12.7 Å². The van der Waals surface area contributed by atoms with Crippen LogP contribution in [0.15, 0.2) is 18.2 Å². The summed E-state index contributed by atoms with van der Waals surface area (Å²) in [5, 5.41) is 0. The van der Waals surface area contributed by atoms with E-state index in [0.717, 1.165) is 11.3 Å². The molecule has 5 nitrogen and oxygen atoms in total. The summed E-state index contributed by atoms with van der Waals surface area (Å²) in [4.78, 5) is 24.7. The Labute approximate surface area is 106 Å². The van der Waals surface area contributed by atoms with Gasteiger partial charge in [-0.2, -0.15) is 0 Å². The highest BCUT2D eigenvalue weighted by molar-refractivity contribution is 5.95. The molecule has 0 unspecified atom stereocenters. The van der Waals surface area contributed by atoms with E-state index in [1.165, 1.54) is 14.0 Å². The maximum Gasteiger partial charge on any atom is 0.337 e. The molecular formula is C13H16N2O3. The number of methoxy groups -OCH3 is 1. The number of amides is 1. The number of hydrogen-bond acceptors (Lipinski definition) is 4. The first-order valence-electron chi connectivity index (χ1n) is 5.80. The zero-order valence-electron chi connectivity index (χ0n) is 10.5. The lowest BCUT2D eigenvalue weighted by Crippen LogP contribution is -2.37. The van der Waals surface area contributed by atoms with Crippen LogP contribution in [0.25, 0.3) is 0 Å². The van der Waals surface area contributed by atoms with Crippen molar-refractivity contribution in [1.29, 1.82) is 0 Å². The number of fused-ring (bicyclic) bond motifs is 1. The molecule has 0 spiro atoms. The molecule has 0 saturated heterocycles. The van der Waals surface area contributed by atoms with Crippen molar-refractivity contribution < 1.29 is 14.3 Å². The summed E-state index contributed by atoms with van der Waals surface area (Å²) in [5.74, 6) is -0.418. The van der Waals surface area contributed by atoms with Crippen molar-refractivity contribution in [3.8, 4) is 0 Å². The SMILES string of the molecule is COC(=O)c1ccc2c(c1)[C@@H](N)CCN2C(C)=O. The van der Waals surface area contributed by atoms with Crippen LogP contribution in [0.2, 0.25) is 0 Å². The second-order valence-corrected chi connectivity index (χ2v) is 4.33. The molecule has 0 fully saturated rings. The molecule has 1 aliphatic rings. The van der Waals surface area contributed by atoms with E-state index < -0.39 is 5.97 Å². The van der Waals surface area contributed by atoms with E-state index in [1.54, 1.807) is 23.1 Å². The molecule has 2 rings (SSSR count). The van der Waals surface area contributed by atoms with E-state index in [4.69, 9.17) is 5.73 Å². The van der Waals surface area contributed by atoms with Gasteiger partial charge in [-0.15, -0.1) is 0 Å². The first kappa shape index (κ1) is 12.6. The maximum absolute atomic E-state index is 11.5. The van der Waals surface area contributed by atoms with E-state index in [1.807, 2.05) is 0 Å². The van der Waals surface area contributed by atoms with E-state index in [2.05, 4.69) is 4.74 Å². The molecule has 1 aromatic carbocycles. The number of anilines is 1. The summed E-state index contributed by atoms with van der Waals surface area (Å²) in [6.45, 7) is 2.13. The number of carbonyl (C=O) groups excluding carboxylic acids is 2. The summed E-state index contributed by atoms with van der Waals surface area (Å²) in [6.07, 6.45) is 0.692. The number of nitrogens with zero attached hydrogens (tertiary/aromatic N) is 1. The smallest absolute Gasteiger partial charge is 0.337 e. The van der Waals surface area contributed by atoms with Crippen molar-refractivity contribution >= 4 is 17.6 Å². The number of ether oxygens (including phenoxy) is 1. The molecule has 2 N–H and O–H groups in total. The normalized spacial score (nSPS) is 18.2. The predicted molar refractivity (Wildman–Crippen MR) is 67.4 cm³/mol. The van der Waals surface area contributed by atoms with Crippen molar-refractivity contribution in [3.05, 3.63) is 29.3 Å². The van der Waals surface area contributed by atoms with Gasteiger partial charge in [-0.1, -0.05) is 0 Å². The Kier molecular flexibility index (Phi) is 3.34. The molecular weight excluding hydrogens is 232 g/mol. The van der Waals surface area contributed by atoms with Gasteiger partial charge in [-0.05, 0) is 30.2 Å². The Hall–Kier alpha value is -1.88. The van der Waals surface area contributed by atoms with Gasteiger partial charge < -0.3 is 15.4 Å². The Morgan fingerprint density at radius 1 is 1.44 bits per heavy atom. The molecule has 0 bridgehead atoms. The van der Waals surface area contributed by atoms with E-state index >= 15 is 0 Å². The minimum atomic E-state index is -0.398. The van der Waals surface area contributed by atoms with E-state index in [-0.39, 0.29) is 11.9 Å². The highest BCUT2D eigenvalue weighted by Gasteiger charge is 2.25. The molecule has 1 aromatic rings. The van der Waals surface area contributed by atoms with Gasteiger partial charge in [-0.3, -0.25) is 4.79 Å². The molecule has 0 aliphatic carbocycles. The minimum Gasteiger partial charge on any atom is -0.465 e. The molecule has 1 aliphatic heterocycles. The van der Waals surface area contributed by atoms with Crippen LogP contribution in [0, 0.1) is 0 Å². The number of esters is 1. The Morgan fingerprint density at radius 2 is 2.17 bits per heavy atom. The van der Waals surface area contributed by atoms with Crippen LogP contribution in [-0.2, 0) is 9.53 Å². The van der Waals surface area contributed by atoms with Crippen LogP contribution in [0.5, 0.6) is 0 Å². The summed E-state index contributed by atoms with van der Waals surface area (Å²) in [7, 11) is 1.34. The Bertz CT molecular complexity index is 499. The van der Waals surface area contributed by atoms with Crippen molar-refractivity contribution in [1.82, 2.24) is 0 Å². The lowest BCUT2D eigenvalue weighted by Gasteiger charge is -2.32. The van der Waals surface area contributed by atoms with Crippen LogP contribution < -0.4 is 10.6 Å². The highest BCUT2D eigenvalue weighted by atomic mass is 16.5. The molecule has 0 saturated carbocycles. The van der Waals surface area contributed by atoms with Crippen LogP contribution in [-0.4, -0.2) is 25.5 Å². The summed E-state index contributed by atoms with van der Waals surface area (Å²) in [5.41, 5.74) is 8.09. The van der Waals surface area contributed by atoms with Gasteiger partial charge >= 0.3 is 5.97 Å². The third kappa shape index (κ3) is 2.09. The third-order valence-electron chi connectivity index (χ3n) is 3.18. The molecule has 0 aromatic heterocycles. The van der Waals surface area contributed by atoms with Gasteiger partial charge in [0.15, 0.2) is 0 Å². The zero-order valence-corrected chi connectivity index (χ0v) is 10.5. The summed E-state index contributed by atoms with van der Waals surface area (Å²) >= 11 is 0. The number of benzene rings is 1. The minimum absolute atomic E-state index is 0.0195. The quantitative estimate of drug-likeness (QED) is 0.759. The van der Waals surface area contributed by atoms with Crippen LogP contribution in [0.3, 0.4) is 0 Å². The number of nitrogens with two attached hydrogens (primary N) is 1. The van der Waals surface area contributed by atoms with E-state index in [0.29, 0.717) is 18.5 Å². The lowest BCUT2D eigenvalue weighted by atomic mass is 9.95. The summed E-state index contributed by atoms with van der Waals surface area (Å²) < 4.78 is 4.68. The molecule has 1 atom stereocenters. The molecule has 0 radical (unpaired) electrons. The van der Waals surface area contributed by atoms with Crippen molar-refractivity contribution in [3.63, 3.8) is 0 Å². The van der Waals surface area contributed by atoms with Gasteiger partial charge in [0.25, 0.3) is 0 Å². The maximum atomic E-state index is 11.5. The highest BCUT2D eigenvalue weighted by Crippen LogP contribution is 2.33. The lowest BCUT2D eigenvalue weighted by molar-refractivity contribution is -0.116. The van der Waals surface area contributed by atoms with Crippen LogP contribution in [0.1, 0.15) is 35.3 Å². The number of rotatable bonds is 1. The fourth-order valence-electron chi connectivity index (χ4n) is 2.21. The topological polar surface area (TPSA) is 72.6 Å². The van der Waals surface area contributed by atoms with Gasteiger partial charge in [0, 0.05) is 25.2 Å². The Morgan fingerprint density at radius 3 is 2.78 bits per heavy atom. The van der Waals surface area contributed by atoms with Crippen molar-refractivity contribution in [2.75, 3.05) is 18.6 Å². The molecule has 1 heterocycles. The largest absolute Gasteiger partial charge is 0.465 e. The third-order valence-corrected chi connectivity index (χ3v) is 3.18. The van der Waals surface area contributed by atoms with Crippen molar-refractivity contribution in [2.45, 2.75) is 19.4 Å². The van der Waals surface area contributed by atoms with Crippen LogP contribution in [0.4, 0.5) is 5.69 Å². The average Bonchev–Trinajstić information content (AvgIpc) is 2.37. The second kappa shape index (κ2) is 4.78. The van der Waals surface area contributed by atoms with Gasteiger partial charge in [-0.25, -0.2) is 4.79 Å². The average molecular weight is 248 g/mol. The Balaban J connectivity index is 2.47. The standard InChI is InChI=1S/C13H16N2O3/c1-8(16)15-6-5-11(14)10-7-9(13(17)18-2)3-4-12(10)15/h3-4,7,11H,5-6,14H2,1-2H3/t11-/m0/s1. The monoisotopic (exact) mass is 248 g/mol. The van der Waals surface area contributed by atoms with E-state index in [9.17, 15) is 9.59 Å². The molecule has 96 valence electrons. The van der Waals surface area contributed by atoms with Gasteiger partial charge in [0.1, 0.15) is 0 Å². The second-order valence-electron chi connectivity index (χ2n) is 4.33. The first-order chi connectivity index (χ1) is 8.54. The fourth-order valence-corrected chi connectivity index (χ4v) is 2.21. The van der Waals surface area contributed by atoms with Crippen LogP contribution >= 0.6 is 0 Å². The fraction of sp³-hybridized carbons (Fsp3) is 0.385. The first-order valence-corrected chi connectivity index (χ1v) is 5.80. The zero-order chi connectivity index (χ0) is 13.3.